The van der Waals surface area contributed by atoms with Crippen molar-refractivity contribution in [3.8, 4) is 0 Å². The summed E-state index contributed by atoms with van der Waals surface area (Å²) in [5.41, 5.74) is 1.51. The fourth-order valence-corrected chi connectivity index (χ4v) is 4.44. The molecule has 0 aromatic carbocycles. The van der Waals surface area contributed by atoms with Gasteiger partial charge in [-0.1, -0.05) is 5.16 Å². The Hall–Kier alpha value is -2.32. The molecule has 1 amide bonds. The maximum atomic E-state index is 12.8. The number of nitrogens with zero attached hydrogens (tertiary/aromatic N) is 4. The largest absolute Gasteiger partial charge is 0.375 e. The summed E-state index contributed by atoms with van der Waals surface area (Å²) in [5, 5.41) is 4.07. The smallest absolute Gasteiger partial charge is 0.255 e. The van der Waals surface area contributed by atoms with Crippen molar-refractivity contribution in [2.24, 2.45) is 5.92 Å². The molecule has 156 valence electrons. The van der Waals surface area contributed by atoms with Crippen LogP contribution < -0.4 is 0 Å². The normalized spacial score (nSPS) is 21.4. The molecule has 2 aliphatic heterocycles. The molecule has 0 bridgehead atoms. The summed E-state index contributed by atoms with van der Waals surface area (Å²) in [6.45, 7) is 4.45. The summed E-state index contributed by atoms with van der Waals surface area (Å²) in [6, 6.07) is 1.90. The standard InChI is InChI=1S/C21H28N4O4/c1-15-9-17(13-22-12-15)20(26)25-6-4-21(5-7-25)11-16(3-8-28-21)10-18-23-19(14-27-2)29-24-18/h9,12-13,16H,3-8,10-11,14H2,1-2H3. The van der Waals surface area contributed by atoms with E-state index in [9.17, 15) is 4.79 Å². The van der Waals surface area contributed by atoms with Crippen molar-refractivity contribution in [3.05, 3.63) is 41.3 Å². The molecule has 2 aromatic rings. The number of carbonyl (C=O) groups is 1. The molecule has 0 radical (unpaired) electrons. The third kappa shape index (κ3) is 4.64. The van der Waals surface area contributed by atoms with Crippen LogP contribution in [0.1, 0.15) is 53.3 Å². The van der Waals surface area contributed by atoms with Crippen molar-refractivity contribution in [2.75, 3.05) is 26.8 Å². The Morgan fingerprint density at radius 2 is 2.17 bits per heavy atom. The molecule has 8 heteroatoms. The second-order valence-corrected chi connectivity index (χ2v) is 8.17. The van der Waals surface area contributed by atoms with Crippen LogP contribution in [0.15, 0.2) is 23.0 Å². The van der Waals surface area contributed by atoms with E-state index in [2.05, 4.69) is 15.1 Å². The monoisotopic (exact) mass is 400 g/mol. The lowest BCUT2D eigenvalue weighted by Crippen LogP contribution is -2.51. The van der Waals surface area contributed by atoms with E-state index < -0.39 is 0 Å². The molecule has 0 aliphatic carbocycles. The van der Waals surface area contributed by atoms with Crippen LogP contribution in [-0.4, -0.2) is 58.3 Å². The summed E-state index contributed by atoms with van der Waals surface area (Å²) in [7, 11) is 1.61. The van der Waals surface area contributed by atoms with E-state index >= 15 is 0 Å². The Kier molecular flexibility index (Phi) is 5.91. The lowest BCUT2D eigenvalue weighted by Gasteiger charge is -2.46. The highest BCUT2D eigenvalue weighted by Gasteiger charge is 2.41. The van der Waals surface area contributed by atoms with Gasteiger partial charge in [0.25, 0.3) is 11.8 Å². The van der Waals surface area contributed by atoms with E-state index in [1.165, 1.54) is 0 Å². The summed E-state index contributed by atoms with van der Waals surface area (Å²) in [6.07, 6.45) is 7.87. The van der Waals surface area contributed by atoms with Crippen LogP contribution >= 0.6 is 0 Å². The molecule has 2 fully saturated rings. The van der Waals surface area contributed by atoms with Crippen molar-refractivity contribution in [1.29, 1.82) is 0 Å². The fourth-order valence-electron chi connectivity index (χ4n) is 4.44. The highest BCUT2D eigenvalue weighted by Crippen LogP contribution is 2.38. The molecule has 4 heterocycles. The predicted molar refractivity (Wildman–Crippen MR) is 104 cm³/mol. The SMILES string of the molecule is COCc1nc(CC2CCOC3(CCN(C(=O)c4cncc(C)c4)CC3)C2)no1. The van der Waals surface area contributed by atoms with Gasteiger partial charge in [0.1, 0.15) is 6.61 Å². The van der Waals surface area contributed by atoms with Crippen molar-refractivity contribution in [1.82, 2.24) is 20.0 Å². The number of hydrogen-bond acceptors (Lipinski definition) is 7. The van der Waals surface area contributed by atoms with E-state index in [1.54, 1.807) is 19.5 Å². The molecule has 8 nitrogen and oxygen atoms in total. The van der Waals surface area contributed by atoms with Crippen molar-refractivity contribution < 1.29 is 18.8 Å². The summed E-state index contributed by atoms with van der Waals surface area (Å²) < 4.78 is 16.5. The first-order valence-corrected chi connectivity index (χ1v) is 10.2. The Bertz CT molecular complexity index is 845. The number of aromatic nitrogens is 3. The quantitative estimate of drug-likeness (QED) is 0.762. The first-order chi connectivity index (χ1) is 14.1. The molecular formula is C21H28N4O4. The molecule has 1 atom stereocenters. The molecule has 2 aromatic heterocycles. The molecule has 1 unspecified atom stereocenters. The van der Waals surface area contributed by atoms with E-state index in [-0.39, 0.29) is 11.5 Å². The average molecular weight is 400 g/mol. The Morgan fingerprint density at radius 3 is 2.93 bits per heavy atom. The summed E-state index contributed by atoms with van der Waals surface area (Å²) >= 11 is 0. The number of carbonyl (C=O) groups excluding carboxylic acids is 1. The zero-order valence-corrected chi connectivity index (χ0v) is 17.1. The molecule has 0 N–H and O–H groups in total. The van der Waals surface area contributed by atoms with Crippen LogP contribution in [0, 0.1) is 12.8 Å². The van der Waals surface area contributed by atoms with Crippen LogP contribution in [0.4, 0.5) is 0 Å². The van der Waals surface area contributed by atoms with E-state index in [4.69, 9.17) is 14.0 Å². The Balaban J connectivity index is 1.34. The average Bonchev–Trinajstić information content (AvgIpc) is 3.15. The molecule has 2 aliphatic rings. The van der Waals surface area contributed by atoms with Gasteiger partial charge in [0, 0.05) is 45.6 Å². The van der Waals surface area contributed by atoms with Crippen LogP contribution in [0.2, 0.25) is 0 Å². The third-order valence-corrected chi connectivity index (χ3v) is 5.93. The maximum absolute atomic E-state index is 12.8. The van der Waals surface area contributed by atoms with E-state index in [0.29, 0.717) is 37.1 Å². The number of hydrogen-bond donors (Lipinski definition) is 0. The number of ether oxygens (including phenoxy) is 2. The summed E-state index contributed by atoms with van der Waals surface area (Å²) in [5.74, 6) is 1.77. The number of amides is 1. The van der Waals surface area contributed by atoms with Gasteiger partial charge >= 0.3 is 0 Å². The molecule has 4 rings (SSSR count). The maximum Gasteiger partial charge on any atom is 0.255 e. The zero-order valence-electron chi connectivity index (χ0n) is 17.1. The van der Waals surface area contributed by atoms with Gasteiger partial charge in [0.05, 0.1) is 11.2 Å². The minimum Gasteiger partial charge on any atom is -0.375 e. The van der Waals surface area contributed by atoms with Crippen molar-refractivity contribution >= 4 is 5.91 Å². The van der Waals surface area contributed by atoms with Crippen molar-refractivity contribution in [2.45, 2.75) is 51.2 Å². The minimum atomic E-state index is -0.149. The number of likely N-dealkylation sites (tertiary alicyclic amines) is 1. The molecule has 29 heavy (non-hydrogen) atoms. The van der Waals surface area contributed by atoms with Gasteiger partial charge in [-0.2, -0.15) is 4.98 Å². The molecule has 2 saturated heterocycles. The van der Waals surface area contributed by atoms with Crippen LogP contribution in [0.5, 0.6) is 0 Å². The van der Waals surface area contributed by atoms with E-state index in [0.717, 1.165) is 50.1 Å². The van der Waals surface area contributed by atoms with Crippen molar-refractivity contribution in [3.63, 3.8) is 0 Å². The van der Waals surface area contributed by atoms with Crippen LogP contribution in [0.3, 0.4) is 0 Å². The lowest BCUT2D eigenvalue weighted by atomic mass is 9.78. The lowest BCUT2D eigenvalue weighted by molar-refractivity contribution is -0.123. The second kappa shape index (κ2) is 8.59. The number of methoxy groups -OCH3 is 1. The van der Waals surface area contributed by atoms with Gasteiger partial charge in [-0.15, -0.1) is 0 Å². The number of aryl methyl sites for hydroxylation is 1. The van der Waals surface area contributed by atoms with Gasteiger partial charge in [-0.05, 0) is 50.2 Å². The molecule has 1 spiro atoms. The minimum absolute atomic E-state index is 0.0564. The van der Waals surface area contributed by atoms with Gasteiger partial charge in [0.15, 0.2) is 5.82 Å². The van der Waals surface area contributed by atoms with Gasteiger partial charge in [-0.3, -0.25) is 9.78 Å². The molecule has 0 saturated carbocycles. The third-order valence-electron chi connectivity index (χ3n) is 5.93. The first kappa shape index (κ1) is 20.0. The number of pyridine rings is 1. The van der Waals surface area contributed by atoms with Crippen LogP contribution in [-0.2, 0) is 22.5 Å². The predicted octanol–water partition coefficient (Wildman–Crippen LogP) is 2.56. The second-order valence-electron chi connectivity index (χ2n) is 8.17. The summed E-state index contributed by atoms with van der Waals surface area (Å²) in [4.78, 5) is 23.3. The number of piperidine rings is 1. The highest BCUT2D eigenvalue weighted by molar-refractivity contribution is 5.94. The Morgan fingerprint density at radius 1 is 1.34 bits per heavy atom. The first-order valence-electron chi connectivity index (χ1n) is 10.2. The molecular weight excluding hydrogens is 372 g/mol. The number of rotatable bonds is 5. The van der Waals surface area contributed by atoms with Gasteiger partial charge in [-0.25, -0.2) is 0 Å². The van der Waals surface area contributed by atoms with E-state index in [1.807, 2.05) is 17.9 Å². The fraction of sp³-hybridized carbons (Fsp3) is 0.619. The Labute approximate surface area is 170 Å². The van der Waals surface area contributed by atoms with Gasteiger partial charge < -0.3 is 18.9 Å². The highest BCUT2D eigenvalue weighted by atomic mass is 16.5. The van der Waals surface area contributed by atoms with Crippen LogP contribution in [0.25, 0.3) is 0 Å². The topological polar surface area (TPSA) is 90.6 Å². The zero-order chi connectivity index (χ0) is 20.3. The van der Waals surface area contributed by atoms with Gasteiger partial charge in [0.2, 0.25) is 0 Å².